The van der Waals surface area contributed by atoms with Crippen molar-refractivity contribution in [2.24, 2.45) is 5.41 Å². The fourth-order valence-electron chi connectivity index (χ4n) is 3.83. The molecule has 0 N–H and O–H groups in total. The quantitative estimate of drug-likeness (QED) is 0.696. The summed E-state index contributed by atoms with van der Waals surface area (Å²) in [5.74, 6) is -1.95. The first-order valence-corrected chi connectivity index (χ1v) is 9.71. The largest absolute Gasteiger partial charge is 0.466 e. The smallest absolute Gasteiger partial charge is 0.314 e. The number of carbonyl (C=O) groups is 2. The molecule has 0 bridgehead atoms. The molecule has 1 aliphatic rings. The van der Waals surface area contributed by atoms with Gasteiger partial charge in [0.05, 0.1) is 18.4 Å². The third-order valence-electron chi connectivity index (χ3n) is 5.26. The van der Waals surface area contributed by atoms with Crippen LogP contribution in [-0.2, 0) is 27.2 Å². The molecule has 1 saturated heterocycles. The van der Waals surface area contributed by atoms with E-state index < -0.39 is 23.0 Å². The first kappa shape index (κ1) is 20.9. The highest BCUT2D eigenvalue weighted by Gasteiger charge is 2.45. The number of halogens is 2. The summed E-state index contributed by atoms with van der Waals surface area (Å²) in [5, 5.41) is 0. The molecule has 0 aliphatic carbocycles. The van der Waals surface area contributed by atoms with Crippen molar-refractivity contribution in [1.82, 2.24) is 9.88 Å². The summed E-state index contributed by atoms with van der Waals surface area (Å²) in [6.45, 7) is 2.56. The summed E-state index contributed by atoms with van der Waals surface area (Å²) in [6.07, 6.45) is 4.57. The van der Waals surface area contributed by atoms with Gasteiger partial charge in [-0.05, 0) is 49.4 Å². The Kier molecular flexibility index (Phi) is 6.56. The number of esters is 1. The molecule has 1 atom stereocenters. The predicted molar refractivity (Wildman–Crippen MR) is 103 cm³/mol. The number of nitrogens with zero attached hydrogens (tertiary/aromatic N) is 2. The van der Waals surface area contributed by atoms with Crippen molar-refractivity contribution in [3.8, 4) is 0 Å². The number of likely N-dealkylation sites (tertiary alicyclic amines) is 1. The number of benzene rings is 1. The molecule has 0 spiro atoms. The number of piperidine rings is 1. The number of hydrogen-bond donors (Lipinski definition) is 0. The van der Waals surface area contributed by atoms with Crippen LogP contribution in [0.1, 0.15) is 30.9 Å². The Balaban J connectivity index is 1.83. The van der Waals surface area contributed by atoms with Crippen LogP contribution in [0.5, 0.6) is 0 Å². The van der Waals surface area contributed by atoms with Crippen molar-refractivity contribution >= 4 is 11.9 Å². The van der Waals surface area contributed by atoms with Gasteiger partial charge in [0, 0.05) is 31.5 Å². The highest BCUT2D eigenvalue weighted by atomic mass is 19.1. The highest BCUT2D eigenvalue weighted by molar-refractivity contribution is 5.82. The second kappa shape index (κ2) is 9.11. The zero-order chi connectivity index (χ0) is 20.9. The fraction of sp³-hybridized carbons (Fsp3) is 0.409. The van der Waals surface area contributed by atoms with Crippen molar-refractivity contribution in [2.75, 3.05) is 19.7 Å². The lowest BCUT2D eigenvalue weighted by Gasteiger charge is -2.41. The minimum Gasteiger partial charge on any atom is -0.466 e. The average Bonchev–Trinajstić information content (AvgIpc) is 2.71. The van der Waals surface area contributed by atoms with Crippen molar-refractivity contribution in [3.05, 3.63) is 65.5 Å². The Morgan fingerprint density at radius 1 is 1.28 bits per heavy atom. The first-order valence-electron chi connectivity index (χ1n) is 9.71. The van der Waals surface area contributed by atoms with Crippen LogP contribution >= 0.6 is 0 Å². The summed E-state index contributed by atoms with van der Waals surface area (Å²) in [5.41, 5.74) is -0.0345. The summed E-state index contributed by atoms with van der Waals surface area (Å²) in [6, 6.07) is 6.91. The Morgan fingerprint density at radius 2 is 2.10 bits per heavy atom. The van der Waals surface area contributed by atoms with E-state index in [4.69, 9.17) is 4.74 Å². The van der Waals surface area contributed by atoms with Crippen LogP contribution in [0.4, 0.5) is 8.78 Å². The summed E-state index contributed by atoms with van der Waals surface area (Å²) in [4.78, 5) is 31.3. The van der Waals surface area contributed by atoms with Crippen LogP contribution in [0.25, 0.3) is 0 Å². The molecular weight excluding hydrogens is 378 g/mol. The number of ether oxygens (including phenoxy) is 1. The molecule has 154 valence electrons. The van der Waals surface area contributed by atoms with E-state index in [1.54, 1.807) is 30.3 Å². The summed E-state index contributed by atoms with van der Waals surface area (Å²) in [7, 11) is 0. The monoisotopic (exact) mass is 402 g/mol. The lowest BCUT2D eigenvalue weighted by atomic mass is 9.74. The van der Waals surface area contributed by atoms with Crippen molar-refractivity contribution in [3.63, 3.8) is 0 Å². The van der Waals surface area contributed by atoms with Crippen LogP contribution in [0.3, 0.4) is 0 Å². The third-order valence-corrected chi connectivity index (χ3v) is 5.26. The number of amides is 1. The minimum absolute atomic E-state index is 0.0502. The normalized spacial score (nSPS) is 19.1. The number of hydrogen-bond acceptors (Lipinski definition) is 4. The zero-order valence-corrected chi connectivity index (χ0v) is 16.4. The molecule has 2 heterocycles. The standard InChI is InChI=1S/C22H24F2N2O3/c1-2-29-21(28)22(13-17-6-7-18(23)12-19(17)24)8-4-10-26(15-22)20(27)11-16-5-3-9-25-14-16/h3,5-7,9,12,14H,2,4,8,10-11,13,15H2,1H3. The van der Waals surface area contributed by atoms with Crippen LogP contribution in [-0.4, -0.2) is 41.5 Å². The van der Waals surface area contributed by atoms with Gasteiger partial charge in [-0.2, -0.15) is 0 Å². The maximum Gasteiger partial charge on any atom is 0.314 e. The van der Waals surface area contributed by atoms with Crippen LogP contribution in [0, 0.1) is 17.0 Å². The molecule has 5 nitrogen and oxygen atoms in total. The molecule has 3 rings (SSSR count). The van der Waals surface area contributed by atoms with E-state index in [1.807, 2.05) is 6.07 Å². The lowest BCUT2D eigenvalue weighted by molar-refractivity contribution is -0.160. The number of carbonyl (C=O) groups excluding carboxylic acids is 2. The Morgan fingerprint density at radius 3 is 2.79 bits per heavy atom. The molecule has 1 aromatic heterocycles. The molecular formula is C22H24F2N2O3. The van der Waals surface area contributed by atoms with E-state index in [-0.39, 0.29) is 37.5 Å². The van der Waals surface area contributed by atoms with Crippen LogP contribution in [0.2, 0.25) is 0 Å². The highest BCUT2D eigenvalue weighted by Crippen LogP contribution is 2.36. The van der Waals surface area contributed by atoms with Crippen LogP contribution < -0.4 is 0 Å². The first-order chi connectivity index (χ1) is 13.9. The third kappa shape index (κ3) is 4.96. The molecule has 1 unspecified atom stereocenters. The van der Waals surface area contributed by atoms with E-state index in [0.29, 0.717) is 19.4 Å². The van der Waals surface area contributed by atoms with Crippen molar-refractivity contribution in [1.29, 1.82) is 0 Å². The number of aromatic nitrogens is 1. The number of pyridine rings is 1. The maximum atomic E-state index is 14.3. The van der Waals surface area contributed by atoms with E-state index >= 15 is 0 Å². The molecule has 2 aromatic rings. The van der Waals surface area contributed by atoms with E-state index in [0.717, 1.165) is 11.6 Å². The van der Waals surface area contributed by atoms with E-state index in [2.05, 4.69) is 4.98 Å². The molecule has 1 aromatic carbocycles. The summed E-state index contributed by atoms with van der Waals surface area (Å²) >= 11 is 0. The number of rotatable bonds is 6. The molecule has 0 radical (unpaired) electrons. The van der Waals surface area contributed by atoms with E-state index in [9.17, 15) is 18.4 Å². The predicted octanol–water partition coefficient (Wildman–Crippen LogP) is 3.32. The van der Waals surface area contributed by atoms with Gasteiger partial charge in [0.1, 0.15) is 11.6 Å². The topological polar surface area (TPSA) is 59.5 Å². The Hall–Kier alpha value is -2.83. The van der Waals surface area contributed by atoms with Gasteiger partial charge in [-0.3, -0.25) is 14.6 Å². The SMILES string of the molecule is CCOC(=O)C1(Cc2ccc(F)cc2F)CCCN(C(=O)Cc2cccnc2)C1. The molecule has 7 heteroatoms. The van der Waals surface area contributed by atoms with Gasteiger partial charge >= 0.3 is 5.97 Å². The Labute approximate surface area is 168 Å². The van der Waals surface area contributed by atoms with Crippen LogP contribution in [0.15, 0.2) is 42.7 Å². The fourth-order valence-corrected chi connectivity index (χ4v) is 3.83. The van der Waals surface area contributed by atoms with Gasteiger partial charge in [0.25, 0.3) is 0 Å². The van der Waals surface area contributed by atoms with Gasteiger partial charge in [0.2, 0.25) is 5.91 Å². The van der Waals surface area contributed by atoms with Gasteiger partial charge in [-0.15, -0.1) is 0 Å². The Bertz CT molecular complexity index is 876. The second-order valence-electron chi connectivity index (χ2n) is 7.37. The van der Waals surface area contributed by atoms with Crippen molar-refractivity contribution in [2.45, 2.75) is 32.6 Å². The minimum atomic E-state index is -1.06. The van der Waals surface area contributed by atoms with Gasteiger partial charge < -0.3 is 9.64 Å². The molecule has 1 aliphatic heterocycles. The van der Waals surface area contributed by atoms with Gasteiger partial charge in [-0.25, -0.2) is 8.78 Å². The molecule has 0 saturated carbocycles. The van der Waals surface area contributed by atoms with Gasteiger partial charge in [-0.1, -0.05) is 12.1 Å². The van der Waals surface area contributed by atoms with Crippen molar-refractivity contribution < 1.29 is 23.1 Å². The molecule has 29 heavy (non-hydrogen) atoms. The zero-order valence-electron chi connectivity index (χ0n) is 16.4. The summed E-state index contributed by atoms with van der Waals surface area (Å²) < 4.78 is 32.9. The molecule has 1 fully saturated rings. The molecule has 1 amide bonds. The maximum absolute atomic E-state index is 14.3. The van der Waals surface area contributed by atoms with E-state index in [1.165, 1.54) is 12.1 Å². The lowest BCUT2D eigenvalue weighted by Crippen LogP contribution is -2.52. The average molecular weight is 402 g/mol. The van der Waals surface area contributed by atoms with Gasteiger partial charge in [0.15, 0.2) is 0 Å². The second-order valence-corrected chi connectivity index (χ2v) is 7.37.